The van der Waals surface area contributed by atoms with Crippen LogP contribution in [0.3, 0.4) is 0 Å². The van der Waals surface area contributed by atoms with Crippen molar-refractivity contribution in [1.29, 1.82) is 0 Å². The van der Waals surface area contributed by atoms with E-state index in [0.29, 0.717) is 12.1 Å². The predicted molar refractivity (Wildman–Crippen MR) is 69.8 cm³/mol. The van der Waals surface area contributed by atoms with Gasteiger partial charge in [0.1, 0.15) is 5.82 Å². The van der Waals surface area contributed by atoms with E-state index >= 15 is 0 Å². The minimum absolute atomic E-state index is 0.00950. The molecule has 0 saturated heterocycles. The molecular formula is C16H20FN. The zero-order chi connectivity index (χ0) is 12.1. The molecule has 2 fully saturated rings. The highest BCUT2D eigenvalue weighted by Gasteiger charge is 2.40. The van der Waals surface area contributed by atoms with Crippen LogP contribution in [0.5, 0.6) is 0 Å². The highest BCUT2D eigenvalue weighted by atomic mass is 19.1. The largest absolute Gasteiger partial charge is 0.307 e. The van der Waals surface area contributed by atoms with Gasteiger partial charge in [-0.1, -0.05) is 18.6 Å². The molecule has 2 bridgehead atoms. The summed E-state index contributed by atoms with van der Waals surface area (Å²) in [5.74, 6) is 1.86. The summed E-state index contributed by atoms with van der Waals surface area (Å²) in [6.07, 6.45) is 7.61. The van der Waals surface area contributed by atoms with E-state index in [1.807, 2.05) is 6.07 Å². The molecule has 4 rings (SSSR count). The molecular weight excluding hydrogens is 225 g/mol. The fourth-order valence-corrected chi connectivity index (χ4v) is 4.49. The molecule has 4 unspecified atom stereocenters. The second-order valence-corrected chi connectivity index (χ2v) is 6.35. The van der Waals surface area contributed by atoms with Crippen molar-refractivity contribution in [2.75, 3.05) is 0 Å². The third-order valence-corrected chi connectivity index (χ3v) is 5.37. The monoisotopic (exact) mass is 245 g/mol. The van der Waals surface area contributed by atoms with Gasteiger partial charge in [0.2, 0.25) is 0 Å². The lowest BCUT2D eigenvalue weighted by Gasteiger charge is -2.27. The average molecular weight is 245 g/mol. The van der Waals surface area contributed by atoms with Crippen LogP contribution in [0.15, 0.2) is 18.2 Å². The van der Waals surface area contributed by atoms with Crippen LogP contribution in [0.25, 0.3) is 0 Å². The maximum absolute atomic E-state index is 13.7. The number of hydrogen-bond donors (Lipinski definition) is 1. The van der Waals surface area contributed by atoms with Gasteiger partial charge in [-0.25, -0.2) is 4.39 Å². The Morgan fingerprint density at radius 1 is 1.11 bits per heavy atom. The van der Waals surface area contributed by atoms with Crippen molar-refractivity contribution in [3.8, 4) is 0 Å². The maximum atomic E-state index is 13.7. The van der Waals surface area contributed by atoms with Crippen LogP contribution >= 0.6 is 0 Å². The second-order valence-electron chi connectivity index (χ2n) is 6.35. The molecule has 1 N–H and O–H groups in total. The maximum Gasteiger partial charge on any atom is 0.126 e. The fourth-order valence-electron chi connectivity index (χ4n) is 4.49. The molecule has 0 spiro atoms. The Morgan fingerprint density at radius 2 is 2.06 bits per heavy atom. The summed E-state index contributed by atoms with van der Waals surface area (Å²) < 4.78 is 13.7. The molecule has 2 saturated carbocycles. The number of nitrogens with one attached hydrogen (secondary N) is 1. The lowest BCUT2D eigenvalue weighted by atomic mass is 9.94. The molecule has 0 radical (unpaired) electrons. The van der Waals surface area contributed by atoms with Gasteiger partial charge in [0.15, 0.2) is 0 Å². The summed E-state index contributed by atoms with van der Waals surface area (Å²) >= 11 is 0. The molecule has 18 heavy (non-hydrogen) atoms. The Balaban J connectivity index is 1.53. The molecule has 4 atom stereocenters. The van der Waals surface area contributed by atoms with Gasteiger partial charge in [-0.05, 0) is 61.1 Å². The summed E-state index contributed by atoms with van der Waals surface area (Å²) in [4.78, 5) is 0. The number of benzene rings is 1. The minimum Gasteiger partial charge on any atom is -0.307 e. The van der Waals surface area contributed by atoms with E-state index in [1.54, 1.807) is 6.07 Å². The van der Waals surface area contributed by atoms with Crippen molar-refractivity contribution >= 4 is 0 Å². The van der Waals surface area contributed by atoms with Crippen molar-refractivity contribution in [2.45, 2.75) is 50.6 Å². The first-order chi connectivity index (χ1) is 8.81. The molecule has 0 aliphatic heterocycles. The molecule has 3 aliphatic rings. The van der Waals surface area contributed by atoms with Gasteiger partial charge < -0.3 is 5.32 Å². The SMILES string of the molecule is Fc1cccc2c1CCC2NC1CC2CCC1C2. The summed E-state index contributed by atoms with van der Waals surface area (Å²) in [5, 5.41) is 3.83. The second kappa shape index (κ2) is 4.06. The fraction of sp³-hybridized carbons (Fsp3) is 0.625. The first-order valence-corrected chi connectivity index (χ1v) is 7.34. The van der Waals surface area contributed by atoms with Gasteiger partial charge in [0.05, 0.1) is 0 Å². The lowest BCUT2D eigenvalue weighted by molar-refractivity contribution is 0.318. The van der Waals surface area contributed by atoms with E-state index in [1.165, 1.54) is 31.2 Å². The van der Waals surface area contributed by atoms with E-state index in [2.05, 4.69) is 11.4 Å². The van der Waals surface area contributed by atoms with Crippen LogP contribution in [-0.2, 0) is 6.42 Å². The minimum atomic E-state index is -0.00950. The third kappa shape index (κ3) is 1.62. The predicted octanol–water partition coefficient (Wildman–Crippen LogP) is 3.59. The molecule has 0 amide bonds. The van der Waals surface area contributed by atoms with Crippen molar-refractivity contribution in [3.63, 3.8) is 0 Å². The molecule has 96 valence electrons. The summed E-state index contributed by atoms with van der Waals surface area (Å²) in [7, 11) is 0. The lowest BCUT2D eigenvalue weighted by Crippen LogP contribution is -2.36. The molecule has 1 aromatic rings. The molecule has 0 heterocycles. The smallest absolute Gasteiger partial charge is 0.126 e. The Labute approximate surface area is 108 Å². The van der Waals surface area contributed by atoms with E-state index in [0.717, 1.165) is 30.2 Å². The van der Waals surface area contributed by atoms with E-state index in [4.69, 9.17) is 0 Å². The van der Waals surface area contributed by atoms with Crippen LogP contribution in [0.4, 0.5) is 4.39 Å². The Bertz CT molecular complexity index is 470. The van der Waals surface area contributed by atoms with Crippen molar-refractivity contribution in [1.82, 2.24) is 5.32 Å². The number of halogens is 1. The van der Waals surface area contributed by atoms with Crippen molar-refractivity contribution < 1.29 is 4.39 Å². The zero-order valence-electron chi connectivity index (χ0n) is 10.7. The zero-order valence-corrected chi connectivity index (χ0v) is 10.7. The van der Waals surface area contributed by atoms with Gasteiger partial charge in [0.25, 0.3) is 0 Å². The quantitative estimate of drug-likeness (QED) is 0.839. The molecule has 3 aliphatic carbocycles. The molecule has 2 heteroatoms. The molecule has 1 nitrogen and oxygen atoms in total. The average Bonchev–Trinajstić information content (AvgIpc) is 3.05. The van der Waals surface area contributed by atoms with Gasteiger partial charge in [-0.2, -0.15) is 0 Å². The highest BCUT2D eigenvalue weighted by molar-refractivity contribution is 5.35. The molecule has 0 aromatic heterocycles. The highest BCUT2D eigenvalue weighted by Crippen LogP contribution is 2.46. The normalized spacial score (nSPS) is 37.2. The third-order valence-electron chi connectivity index (χ3n) is 5.37. The van der Waals surface area contributed by atoms with Crippen LogP contribution in [0, 0.1) is 17.7 Å². The van der Waals surface area contributed by atoms with Gasteiger partial charge in [-0.3, -0.25) is 0 Å². The van der Waals surface area contributed by atoms with Gasteiger partial charge >= 0.3 is 0 Å². The van der Waals surface area contributed by atoms with Crippen LogP contribution in [0.2, 0.25) is 0 Å². The van der Waals surface area contributed by atoms with E-state index in [9.17, 15) is 4.39 Å². The number of fused-ring (bicyclic) bond motifs is 3. The van der Waals surface area contributed by atoms with Crippen LogP contribution < -0.4 is 5.32 Å². The van der Waals surface area contributed by atoms with Crippen molar-refractivity contribution in [2.24, 2.45) is 11.8 Å². The van der Waals surface area contributed by atoms with E-state index in [-0.39, 0.29) is 5.82 Å². The Hall–Kier alpha value is -0.890. The Kier molecular flexibility index (Phi) is 2.47. The molecule has 1 aromatic carbocycles. The standard InChI is InChI=1S/C16H20FN/c17-14-3-1-2-13-12(14)6-7-15(13)18-16-9-10-4-5-11(16)8-10/h1-3,10-11,15-16,18H,4-9H2. The number of hydrogen-bond acceptors (Lipinski definition) is 1. The summed E-state index contributed by atoms with van der Waals surface area (Å²) in [6, 6.07) is 6.66. The van der Waals surface area contributed by atoms with Gasteiger partial charge in [0, 0.05) is 12.1 Å². The Morgan fingerprint density at radius 3 is 2.83 bits per heavy atom. The van der Waals surface area contributed by atoms with Crippen molar-refractivity contribution in [3.05, 3.63) is 35.1 Å². The first-order valence-electron chi connectivity index (χ1n) is 7.34. The summed E-state index contributed by atoms with van der Waals surface area (Å²) in [6.45, 7) is 0. The van der Waals surface area contributed by atoms with E-state index < -0.39 is 0 Å². The number of rotatable bonds is 2. The van der Waals surface area contributed by atoms with Gasteiger partial charge in [-0.15, -0.1) is 0 Å². The summed E-state index contributed by atoms with van der Waals surface area (Å²) in [5.41, 5.74) is 2.18. The van der Waals surface area contributed by atoms with Crippen LogP contribution in [0.1, 0.15) is 49.3 Å². The van der Waals surface area contributed by atoms with Crippen LogP contribution in [-0.4, -0.2) is 6.04 Å². The first kappa shape index (κ1) is 11.0. The topological polar surface area (TPSA) is 12.0 Å².